The van der Waals surface area contributed by atoms with Crippen LogP contribution in [-0.4, -0.2) is 34.9 Å². The number of nitrogens with zero attached hydrogens (tertiary/aromatic N) is 2. The third kappa shape index (κ3) is 3.10. The molecule has 1 spiro atoms. The molecule has 0 unspecified atom stereocenters. The summed E-state index contributed by atoms with van der Waals surface area (Å²) in [4.78, 5) is 11.8. The van der Waals surface area contributed by atoms with E-state index in [2.05, 4.69) is 23.6 Å². The van der Waals surface area contributed by atoms with Crippen LogP contribution in [-0.2, 0) is 0 Å². The minimum absolute atomic E-state index is 0.141. The van der Waals surface area contributed by atoms with Crippen LogP contribution in [0, 0.1) is 10.1 Å². The van der Waals surface area contributed by atoms with Crippen LogP contribution < -0.4 is 5.32 Å². The second-order valence-electron chi connectivity index (χ2n) is 6.57. The molecule has 0 radical (unpaired) electrons. The molecule has 0 saturated heterocycles. The van der Waals surface area contributed by atoms with E-state index in [1.807, 2.05) is 12.1 Å². The van der Waals surface area contributed by atoms with Gasteiger partial charge in [-0.25, -0.2) is 4.31 Å². The van der Waals surface area contributed by atoms with Crippen LogP contribution in [0.3, 0.4) is 0 Å². The van der Waals surface area contributed by atoms with E-state index in [0.29, 0.717) is 0 Å². The van der Waals surface area contributed by atoms with Gasteiger partial charge in [-0.2, -0.15) is 0 Å². The van der Waals surface area contributed by atoms with Gasteiger partial charge in [0.25, 0.3) is 5.69 Å². The van der Waals surface area contributed by atoms with Crippen molar-refractivity contribution >= 4 is 22.5 Å². The third-order valence-corrected chi connectivity index (χ3v) is 6.53. The first-order valence-electron chi connectivity index (χ1n) is 8.69. The SMILES string of the molecule is CCNCC1=C(c2ccc([N+](=O)[O-])cc2)SN(C)C12CCCCC2. The van der Waals surface area contributed by atoms with Gasteiger partial charge in [0.1, 0.15) is 0 Å². The molecule has 1 aliphatic carbocycles. The zero-order valence-electron chi connectivity index (χ0n) is 14.4. The van der Waals surface area contributed by atoms with E-state index in [1.54, 1.807) is 24.1 Å². The lowest BCUT2D eigenvalue weighted by molar-refractivity contribution is -0.384. The summed E-state index contributed by atoms with van der Waals surface area (Å²) in [6, 6.07) is 7.00. The molecule has 130 valence electrons. The van der Waals surface area contributed by atoms with Crippen LogP contribution in [0.1, 0.15) is 44.6 Å². The summed E-state index contributed by atoms with van der Waals surface area (Å²) >= 11 is 1.80. The molecule has 0 amide bonds. The van der Waals surface area contributed by atoms with Crippen molar-refractivity contribution in [3.8, 4) is 0 Å². The molecule has 1 aromatic rings. The van der Waals surface area contributed by atoms with Gasteiger partial charge < -0.3 is 5.32 Å². The highest BCUT2D eigenvalue weighted by atomic mass is 32.2. The average molecular weight is 347 g/mol. The summed E-state index contributed by atoms with van der Waals surface area (Å²) < 4.78 is 2.43. The topological polar surface area (TPSA) is 58.4 Å². The van der Waals surface area contributed by atoms with Crippen molar-refractivity contribution in [1.29, 1.82) is 0 Å². The van der Waals surface area contributed by atoms with Crippen LogP contribution in [0.25, 0.3) is 4.91 Å². The second-order valence-corrected chi connectivity index (χ2v) is 7.71. The van der Waals surface area contributed by atoms with Crippen molar-refractivity contribution in [1.82, 2.24) is 9.62 Å². The van der Waals surface area contributed by atoms with E-state index < -0.39 is 0 Å². The predicted octanol–water partition coefficient (Wildman–Crippen LogP) is 4.21. The highest BCUT2D eigenvalue weighted by molar-refractivity contribution is 8.06. The normalized spacial score (nSPS) is 20.8. The van der Waals surface area contributed by atoms with Crippen LogP contribution >= 0.6 is 11.9 Å². The second kappa shape index (κ2) is 7.25. The molecule has 0 bridgehead atoms. The number of likely N-dealkylation sites (N-methyl/N-ethyl adjacent to an activating group) is 2. The van der Waals surface area contributed by atoms with E-state index in [9.17, 15) is 10.1 Å². The molecular weight excluding hydrogens is 322 g/mol. The van der Waals surface area contributed by atoms with Crippen molar-refractivity contribution < 1.29 is 4.92 Å². The molecule has 5 nitrogen and oxygen atoms in total. The Labute approximate surface area is 147 Å². The van der Waals surface area contributed by atoms with Gasteiger partial charge in [0.2, 0.25) is 0 Å². The Morgan fingerprint density at radius 2 is 1.92 bits per heavy atom. The molecule has 0 aromatic heterocycles. The molecule has 1 fully saturated rings. The molecule has 0 atom stereocenters. The quantitative estimate of drug-likeness (QED) is 0.491. The molecule has 1 aliphatic heterocycles. The number of nitro groups is 1. The molecule has 2 aliphatic rings. The molecular formula is C18H25N3O2S. The molecule has 1 aromatic carbocycles. The first-order chi connectivity index (χ1) is 11.6. The largest absolute Gasteiger partial charge is 0.313 e. The lowest BCUT2D eigenvalue weighted by Crippen LogP contribution is -2.45. The lowest BCUT2D eigenvalue weighted by Gasteiger charge is -2.41. The van der Waals surface area contributed by atoms with Gasteiger partial charge >= 0.3 is 0 Å². The maximum absolute atomic E-state index is 10.9. The molecule has 3 rings (SSSR count). The van der Waals surface area contributed by atoms with E-state index >= 15 is 0 Å². The fraction of sp³-hybridized carbons (Fsp3) is 0.556. The number of benzene rings is 1. The van der Waals surface area contributed by atoms with Crippen molar-refractivity contribution in [3.05, 3.63) is 45.5 Å². The number of non-ortho nitro benzene ring substituents is 1. The van der Waals surface area contributed by atoms with Crippen molar-refractivity contribution in [2.75, 3.05) is 20.1 Å². The number of nitro benzene ring substituents is 1. The molecule has 6 heteroatoms. The summed E-state index contributed by atoms with van der Waals surface area (Å²) in [7, 11) is 2.19. The highest BCUT2D eigenvalue weighted by Crippen LogP contribution is 2.54. The van der Waals surface area contributed by atoms with Gasteiger partial charge in [0, 0.05) is 23.6 Å². The van der Waals surface area contributed by atoms with Crippen LogP contribution in [0.2, 0.25) is 0 Å². The van der Waals surface area contributed by atoms with Gasteiger partial charge in [-0.1, -0.05) is 26.2 Å². The standard InChI is InChI=1S/C18H25N3O2S/c1-3-19-13-16-17(14-7-9-15(10-8-14)21(22)23)24-20(2)18(16)11-5-4-6-12-18/h7-10,19H,3-6,11-13H2,1-2H3. The molecule has 1 N–H and O–H groups in total. The van der Waals surface area contributed by atoms with E-state index in [0.717, 1.165) is 18.7 Å². The predicted molar refractivity (Wildman–Crippen MR) is 99.7 cm³/mol. The fourth-order valence-corrected chi connectivity index (χ4v) is 5.25. The van der Waals surface area contributed by atoms with Crippen LogP contribution in [0.4, 0.5) is 5.69 Å². The first kappa shape index (κ1) is 17.5. The third-order valence-electron chi connectivity index (χ3n) is 5.24. The lowest BCUT2D eigenvalue weighted by atomic mass is 9.75. The van der Waals surface area contributed by atoms with Gasteiger partial charge in [-0.15, -0.1) is 0 Å². The minimum Gasteiger partial charge on any atom is -0.313 e. The Bertz CT molecular complexity index is 636. The van der Waals surface area contributed by atoms with Crippen molar-refractivity contribution in [3.63, 3.8) is 0 Å². The molecule has 1 heterocycles. The highest BCUT2D eigenvalue weighted by Gasteiger charge is 2.46. The Kier molecular flexibility index (Phi) is 5.27. The minimum atomic E-state index is -0.339. The number of hydrogen-bond donors (Lipinski definition) is 1. The summed E-state index contributed by atoms with van der Waals surface area (Å²) in [6.45, 7) is 3.97. The Morgan fingerprint density at radius 1 is 1.25 bits per heavy atom. The van der Waals surface area contributed by atoms with E-state index in [-0.39, 0.29) is 16.1 Å². The number of hydrogen-bond acceptors (Lipinski definition) is 5. The summed E-state index contributed by atoms with van der Waals surface area (Å²) in [6.07, 6.45) is 6.27. The van der Waals surface area contributed by atoms with Crippen molar-refractivity contribution in [2.24, 2.45) is 0 Å². The van der Waals surface area contributed by atoms with Gasteiger partial charge in [0.05, 0.1) is 10.5 Å². The smallest absolute Gasteiger partial charge is 0.269 e. The zero-order chi connectivity index (χ0) is 17.2. The summed E-state index contributed by atoms with van der Waals surface area (Å²) in [5.41, 5.74) is 2.84. The average Bonchev–Trinajstić information content (AvgIpc) is 2.86. The van der Waals surface area contributed by atoms with Gasteiger partial charge in [-0.05, 0) is 61.7 Å². The zero-order valence-corrected chi connectivity index (χ0v) is 15.2. The summed E-state index contributed by atoms with van der Waals surface area (Å²) in [5, 5.41) is 14.4. The van der Waals surface area contributed by atoms with E-state index in [1.165, 1.54) is 42.6 Å². The van der Waals surface area contributed by atoms with E-state index in [4.69, 9.17) is 0 Å². The van der Waals surface area contributed by atoms with Crippen molar-refractivity contribution in [2.45, 2.75) is 44.6 Å². The van der Waals surface area contributed by atoms with Crippen LogP contribution in [0.15, 0.2) is 29.8 Å². The Morgan fingerprint density at radius 3 is 2.50 bits per heavy atom. The Balaban J connectivity index is 2.00. The maximum Gasteiger partial charge on any atom is 0.269 e. The Hall–Kier alpha value is -1.37. The fourth-order valence-electron chi connectivity index (χ4n) is 3.89. The van der Waals surface area contributed by atoms with Crippen LogP contribution in [0.5, 0.6) is 0 Å². The maximum atomic E-state index is 10.9. The van der Waals surface area contributed by atoms with Gasteiger partial charge in [-0.3, -0.25) is 10.1 Å². The number of rotatable bonds is 5. The summed E-state index contributed by atoms with van der Waals surface area (Å²) in [5.74, 6) is 0. The first-order valence-corrected chi connectivity index (χ1v) is 9.47. The molecule has 1 saturated carbocycles. The monoisotopic (exact) mass is 347 g/mol. The number of nitrogens with one attached hydrogen (secondary N) is 1. The molecule has 24 heavy (non-hydrogen) atoms. The van der Waals surface area contributed by atoms with Gasteiger partial charge in [0.15, 0.2) is 0 Å².